The highest BCUT2D eigenvalue weighted by molar-refractivity contribution is 8.15. The number of anilines is 2. The molecule has 0 aliphatic carbocycles. The molecule has 0 unspecified atom stereocenters. The second-order valence-corrected chi connectivity index (χ2v) is 11.9. The van der Waals surface area contributed by atoms with E-state index >= 15 is 0 Å². The Morgan fingerprint density at radius 1 is 1.00 bits per heavy atom. The highest BCUT2D eigenvalue weighted by Crippen LogP contribution is 2.37. The van der Waals surface area contributed by atoms with Crippen LogP contribution in [0.15, 0.2) is 41.4 Å². The van der Waals surface area contributed by atoms with Gasteiger partial charge in [-0.15, -0.1) is 0 Å². The Balaban J connectivity index is 1.61. The minimum atomic E-state index is -3.03. The first-order valence-electron chi connectivity index (χ1n) is 10.3. The van der Waals surface area contributed by atoms with Crippen molar-refractivity contribution in [3.8, 4) is 0 Å². The fourth-order valence-corrected chi connectivity index (χ4v) is 8.02. The van der Waals surface area contributed by atoms with E-state index < -0.39 is 9.84 Å². The predicted octanol–water partition coefficient (Wildman–Crippen LogP) is 3.63. The van der Waals surface area contributed by atoms with Crippen molar-refractivity contribution in [3.05, 3.63) is 58.7 Å². The maximum atomic E-state index is 13.0. The molecule has 6 nitrogen and oxygen atoms in total. The molecule has 2 aliphatic heterocycles. The van der Waals surface area contributed by atoms with E-state index in [1.54, 1.807) is 0 Å². The van der Waals surface area contributed by atoms with Crippen LogP contribution in [0.5, 0.6) is 0 Å². The minimum Gasteiger partial charge on any atom is -0.325 e. The van der Waals surface area contributed by atoms with E-state index in [0.717, 1.165) is 33.6 Å². The van der Waals surface area contributed by atoms with Gasteiger partial charge in [0.2, 0.25) is 5.91 Å². The van der Waals surface area contributed by atoms with Crippen molar-refractivity contribution in [1.82, 2.24) is 0 Å². The molecule has 0 bridgehead atoms. The van der Waals surface area contributed by atoms with Crippen molar-refractivity contribution in [2.45, 2.75) is 39.0 Å². The minimum absolute atomic E-state index is 0.0733. The summed E-state index contributed by atoms with van der Waals surface area (Å²) in [6, 6.07) is 11.9. The van der Waals surface area contributed by atoms with Gasteiger partial charge in [-0.1, -0.05) is 23.9 Å². The Kier molecular flexibility index (Phi) is 5.87. The molecule has 1 N–H and O–H groups in total. The quantitative estimate of drug-likeness (QED) is 0.758. The van der Waals surface area contributed by atoms with Crippen molar-refractivity contribution in [3.63, 3.8) is 0 Å². The van der Waals surface area contributed by atoms with Gasteiger partial charge in [0, 0.05) is 16.6 Å². The molecule has 164 valence electrons. The summed E-state index contributed by atoms with van der Waals surface area (Å²) in [5.74, 6) is 0.0890. The molecule has 0 aromatic heterocycles. The van der Waals surface area contributed by atoms with E-state index in [2.05, 4.69) is 17.4 Å². The van der Waals surface area contributed by atoms with Gasteiger partial charge < -0.3 is 10.2 Å². The number of hydrogen-bond acceptors (Lipinski definition) is 6. The molecule has 31 heavy (non-hydrogen) atoms. The molecule has 2 aromatic rings. The van der Waals surface area contributed by atoms with Crippen molar-refractivity contribution in [1.29, 1.82) is 0 Å². The van der Waals surface area contributed by atoms with Crippen LogP contribution in [0.3, 0.4) is 0 Å². The average Bonchev–Trinajstić information content (AvgIpc) is 3.11. The lowest BCUT2D eigenvalue weighted by Crippen LogP contribution is -2.36. The number of hydrogen-bond donors (Lipinski definition) is 1. The van der Waals surface area contributed by atoms with Gasteiger partial charge in [-0.05, 0) is 74.2 Å². The number of amidine groups is 1. The largest absolute Gasteiger partial charge is 0.325 e. The molecule has 1 amide bonds. The van der Waals surface area contributed by atoms with E-state index in [0.29, 0.717) is 5.17 Å². The molecule has 2 aromatic carbocycles. The van der Waals surface area contributed by atoms with E-state index in [-0.39, 0.29) is 35.2 Å². The number of nitrogens with one attached hydrogen (secondary N) is 1. The monoisotopic (exact) mass is 457 g/mol. The van der Waals surface area contributed by atoms with Crippen molar-refractivity contribution >= 4 is 44.0 Å². The first-order valence-corrected chi connectivity index (χ1v) is 13.0. The van der Waals surface area contributed by atoms with Gasteiger partial charge in [-0.2, -0.15) is 0 Å². The van der Waals surface area contributed by atoms with E-state index in [1.165, 1.54) is 11.8 Å². The van der Waals surface area contributed by atoms with Crippen LogP contribution in [0.1, 0.15) is 22.3 Å². The van der Waals surface area contributed by atoms with Crippen LogP contribution in [-0.4, -0.2) is 48.8 Å². The van der Waals surface area contributed by atoms with E-state index in [4.69, 9.17) is 4.99 Å². The van der Waals surface area contributed by atoms with E-state index in [1.807, 2.05) is 56.9 Å². The van der Waals surface area contributed by atoms with Crippen LogP contribution in [-0.2, 0) is 14.6 Å². The van der Waals surface area contributed by atoms with Crippen molar-refractivity contribution < 1.29 is 13.2 Å². The number of rotatable bonds is 4. The lowest BCUT2D eigenvalue weighted by atomic mass is 10.1. The highest BCUT2D eigenvalue weighted by atomic mass is 32.2. The maximum Gasteiger partial charge on any atom is 0.244 e. The lowest BCUT2D eigenvalue weighted by Gasteiger charge is -2.25. The number of benzene rings is 2. The first kappa shape index (κ1) is 21.9. The Labute approximate surface area is 188 Å². The van der Waals surface area contributed by atoms with Crippen molar-refractivity contribution in [2.24, 2.45) is 4.99 Å². The summed E-state index contributed by atoms with van der Waals surface area (Å²) in [6.45, 7) is 8.15. The average molecular weight is 458 g/mol. The summed E-state index contributed by atoms with van der Waals surface area (Å²) in [4.78, 5) is 19.6. The Morgan fingerprint density at radius 3 is 2.16 bits per heavy atom. The molecular formula is C23H27N3O3S2. The molecule has 2 atom stereocenters. The zero-order chi connectivity index (χ0) is 22.3. The smallest absolute Gasteiger partial charge is 0.244 e. The van der Waals surface area contributed by atoms with Gasteiger partial charge in [0.1, 0.15) is 6.54 Å². The molecule has 1 saturated heterocycles. The summed E-state index contributed by atoms with van der Waals surface area (Å²) in [5, 5.41) is 3.64. The number of amides is 1. The summed E-state index contributed by atoms with van der Waals surface area (Å²) in [7, 11) is -3.03. The second-order valence-electron chi connectivity index (χ2n) is 8.57. The lowest BCUT2D eigenvalue weighted by molar-refractivity contribution is -0.114. The van der Waals surface area contributed by atoms with Gasteiger partial charge in [0.15, 0.2) is 15.0 Å². The molecular weight excluding hydrogens is 430 g/mol. The van der Waals surface area contributed by atoms with E-state index in [9.17, 15) is 13.2 Å². The fourth-order valence-electron chi connectivity index (χ4n) is 4.24. The number of fused-ring (bicyclic) bond motifs is 1. The third-order valence-corrected chi connectivity index (χ3v) is 8.61. The summed E-state index contributed by atoms with van der Waals surface area (Å²) in [5.41, 5.74) is 6.04. The maximum absolute atomic E-state index is 13.0. The normalized spacial score (nSPS) is 21.5. The number of aliphatic imine (C=N–C) groups is 1. The summed E-state index contributed by atoms with van der Waals surface area (Å²) < 4.78 is 23.9. The molecule has 2 heterocycles. The summed E-state index contributed by atoms with van der Waals surface area (Å²) in [6.07, 6.45) is 0. The van der Waals surface area contributed by atoms with Crippen LogP contribution in [0.2, 0.25) is 0 Å². The van der Waals surface area contributed by atoms with Gasteiger partial charge in [-0.25, -0.2) is 8.42 Å². The zero-order valence-corrected chi connectivity index (χ0v) is 19.8. The molecule has 2 aliphatic rings. The summed E-state index contributed by atoms with van der Waals surface area (Å²) >= 11 is 1.47. The molecule has 1 fully saturated rings. The number of thioether (sulfide) groups is 1. The zero-order valence-electron chi connectivity index (χ0n) is 18.2. The van der Waals surface area contributed by atoms with Gasteiger partial charge in [0.25, 0.3) is 0 Å². The van der Waals surface area contributed by atoms with Crippen LogP contribution >= 0.6 is 11.8 Å². The second kappa shape index (κ2) is 8.31. The number of carbonyl (C=O) groups excluding carboxylic acids is 1. The third kappa shape index (κ3) is 5.13. The predicted molar refractivity (Wildman–Crippen MR) is 129 cm³/mol. The highest BCUT2D eigenvalue weighted by Gasteiger charge is 2.44. The number of sulfone groups is 1. The third-order valence-electron chi connectivity index (χ3n) is 5.36. The van der Waals surface area contributed by atoms with Crippen LogP contribution in [0.25, 0.3) is 0 Å². The van der Waals surface area contributed by atoms with Crippen LogP contribution < -0.4 is 10.2 Å². The molecule has 0 radical (unpaired) electrons. The van der Waals surface area contributed by atoms with Gasteiger partial charge >= 0.3 is 0 Å². The molecule has 0 saturated carbocycles. The molecule has 8 heteroatoms. The molecule has 4 rings (SSSR count). The van der Waals surface area contributed by atoms with Crippen LogP contribution in [0, 0.1) is 27.7 Å². The Morgan fingerprint density at radius 2 is 1.58 bits per heavy atom. The Hall–Kier alpha value is -2.32. The number of nitrogens with zero attached hydrogens (tertiary/aromatic N) is 2. The van der Waals surface area contributed by atoms with Crippen molar-refractivity contribution in [2.75, 3.05) is 28.3 Å². The first-order chi connectivity index (χ1) is 14.6. The number of aryl methyl sites for hydroxylation is 4. The SMILES string of the molecule is Cc1cc(C)cc(NC(=O)CN(C2=N[C@H]3CS(=O)(=O)C[C@H]3S2)c2cc(C)cc(C)c2)c1. The fraction of sp³-hybridized carbons (Fsp3) is 0.391. The topological polar surface area (TPSA) is 78.8 Å². The van der Waals surface area contributed by atoms with Crippen LogP contribution in [0.4, 0.5) is 11.4 Å². The van der Waals surface area contributed by atoms with Gasteiger partial charge in [-0.3, -0.25) is 9.79 Å². The van der Waals surface area contributed by atoms with Gasteiger partial charge in [0.05, 0.1) is 17.5 Å². The standard InChI is InChI=1S/C23H27N3O3S2/c1-14-5-15(2)8-18(7-14)24-22(27)11-26(19-9-16(3)6-17(4)10-19)23-25-20-12-31(28,29)13-21(20)30-23/h5-10,20-21H,11-13H2,1-4H3,(H,24,27)/t20-,21+/m0/s1. The molecule has 0 spiro atoms. The number of carbonyl (C=O) groups is 1. The Bertz CT molecular complexity index is 1130.